The molecule has 10 heteroatoms. The molecule has 4 aromatic rings. The number of carbonyl (C=O) groups is 1. The Hall–Kier alpha value is -3.79. The zero-order chi connectivity index (χ0) is 25.5. The van der Waals surface area contributed by atoms with Gasteiger partial charge in [0.15, 0.2) is 5.78 Å². The molecule has 0 saturated carbocycles. The van der Waals surface area contributed by atoms with Crippen molar-refractivity contribution >= 4 is 15.6 Å². The van der Waals surface area contributed by atoms with Gasteiger partial charge in [0, 0.05) is 17.0 Å². The van der Waals surface area contributed by atoms with Crippen molar-refractivity contribution in [2.75, 3.05) is 0 Å². The average molecular weight is 513 g/mol. The van der Waals surface area contributed by atoms with Gasteiger partial charge in [-0.15, -0.1) is 0 Å². The predicted octanol–water partition coefficient (Wildman–Crippen LogP) is 5.89. The second-order valence-corrected chi connectivity index (χ2v) is 10.3. The van der Waals surface area contributed by atoms with Gasteiger partial charge in [-0.3, -0.25) is 4.79 Å². The molecule has 0 N–H and O–H groups in total. The van der Waals surface area contributed by atoms with Crippen molar-refractivity contribution < 1.29 is 30.9 Å². The molecule has 36 heavy (non-hydrogen) atoms. The Morgan fingerprint density at radius 3 is 2.39 bits per heavy atom. The van der Waals surface area contributed by atoms with E-state index in [1.54, 1.807) is 54.6 Å². The summed E-state index contributed by atoms with van der Waals surface area (Å²) < 4.78 is 70.9. The van der Waals surface area contributed by atoms with Crippen LogP contribution >= 0.6 is 0 Å². The maximum atomic E-state index is 13.9. The minimum Gasteiger partial charge on any atom is -0.329 e. The predicted molar refractivity (Wildman–Crippen MR) is 123 cm³/mol. The van der Waals surface area contributed by atoms with Gasteiger partial charge < -0.3 is 4.52 Å². The quantitative estimate of drug-likeness (QED) is 0.318. The van der Waals surface area contributed by atoms with Crippen molar-refractivity contribution in [3.8, 4) is 11.4 Å². The summed E-state index contributed by atoms with van der Waals surface area (Å²) in [5.74, 6) is -2.72. The molecule has 6 nitrogen and oxygen atoms in total. The number of Topliss-reactive ketones (excluding diaryl/α,β-unsaturated/α-hetero) is 1. The average Bonchev–Trinajstić information content (AvgIpc) is 3.39. The van der Waals surface area contributed by atoms with Gasteiger partial charge in [-0.05, 0) is 42.5 Å². The van der Waals surface area contributed by atoms with Crippen molar-refractivity contribution in [3.63, 3.8) is 0 Å². The fourth-order valence-electron chi connectivity index (χ4n) is 4.47. The van der Waals surface area contributed by atoms with Crippen LogP contribution in [-0.4, -0.2) is 24.3 Å². The normalized spacial score (nSPS) is 17.2. The molecule has 0 aliphatic carbocycles. The zero-order valence-corrected chi connectivity index (χ0v) is 19.5. The number of benzene rings is 3. The van der Waals surface area contributed by atoms with Gasteiger partial charge in [0.05, 0.1) is 9.79 Å². The summed E-state index contributed by atoms with van der Waals surface area (Å²) in [5, 5.41) is 3.38. The van der Waals surface area contributed by atoms with Crippen LogP contribution in [0.3, 0.4) is 0 Å². The third-order valence-corrected chi connectivity index (χ3v) is 8.09. The first-order chi connectivity index (χ1) is 17.2. The highest BCUT2D eigenvalue weighted by Gasteiger charge is 2.39. The standard InChI is InChI=1S/C26H19F3N2O4S/c27-26(28,29)25-30-24(31-35-25)18-14-13-16-9-6-11-20(23(32)17-7-2-1-3-8-17)19-10-4-5-12-21(19)36(33,34)22(16)15-18/h1-5,7-8,10,12-15,20H,6,9,11H2. The van der Waals surface area contributed by atoms with Gasteiger partial charge in [-0.25, -0.2) is 8.42 Å². The van der Waals surface area contributed by atoms with Gasteiger partial charge >= 0.3 is 12.1 Å². The van der Waals surface area contributed by atoms with Crippen molar-refractivity contribution in [1.82, 2.24) is 10.1 Å². The lowest BCUT2D eigenvalue weighted by Gasteiger charge is -2.18. The van der Waals surface area contributed by atoms with Crippen LogP contribution in [0.2, 0.25) is 0 Å². The summed E-state index contributed by atoms with van der Waals surface area (Å²) in [4.78, 5) is 16.7. The highest BCUT2D eigenvalue weighted by atomic mass is 32.2. The van der Waals surface area contributed by atoms with Gasteiger partial charge in [0.25, 0.3) is 0 Å². The zero-order valence-electron chi connectivity index (χ0n) is 18.7. The molecular formula is C26H19F3N2O4S. The SMILES string of the molecule is O=C(c1ccccc1)C1CCCc2ccc(-c3noc(C(F)(F)F)n3)cc2S(=O)(=O)c2ccccc21. The van der Waals surface area contributed by atoms with E-state index in [-0.39, 0.29) is 27.0 Å². The Bertz CT molecular complexity index is 1550. The maximum Gasteiger partial charge on any atom is 0.471 e. The van der Waals surface area contributed by atoms with Crippen LogP contribution in [0.1, 0.15) is 46.1 Å². The van der Waals surface area contributed by atoms with Crippen LogP contribution in [0.5, 0.6) is 0 Å². The van der Waals surface area contributed by atoms with Crippen LogP contribution in [0.15, 0.2) is 87.1 Å². The van der Waals surface area contributed by atoms with Crippen molar-refractivity contribution in [2.45, 2.75) is 41.1 Å². The number of halogens is 3. The molecule has 3 aromatic carbocycles. The van der Waals surface area contributed by atoms with Crippen molar-refractivity contribution in [3.05, 3.63) is 95.4 Å². The molecule has 2 heterocycles. The summed E-state index contributed by atoms with van der Waals surface area (Å²) in [5.41, 5.74) is 1.46. The first-order valence-electron chi connectivity index (χ1n) is 11.1. The molecule has 1 aliphatic rings. The van der Waals surface area contributed by atoms with Gasteiger partial charge in [0.1, 0.15) is 0 Å². The number of hydrogen-bond donors (Lipinski definition) is 0. The van der Waals surface area contributed by atoms with E-state index in [0.29, 0.717) is 36.0 Å². The van der Waals surface area contributed by atoms with E-state index in [0.717, 1.165) is 0 Å². The molecule has 184 valence electrons. The molecule has 0 fully saturated rings. The van der Waals surface area contributed by atoms with E-state index >= 15 is 0 Å². The van der Waals surface area contributed by atoms with Gasteiger partial charge in [-0.1, -0.05) is 65.8 Å². The number of hydrogen-bond acceptors (Lipinski definition) is 6. The lowest BCUT2D eigenvalue weighted by molar-refractivity contribution is -0.159. The lowest BCUT2D eigenvalue weighted by atomic mass is 9.86. The molecule has 1 aliphatic heterocycles. The molecule has 0 spiro atoms. The topological polar surface area (TPSA) is 90.1 Å². The van der Waals surface area contributed by atoms with E-state index in [1.165, 1.54) is 18.2 Å². The first kappa shape index (κ1) is 23.9. The highest BCUT2D eigenvalue weighted by molar-refractivity contribution is 7.91. The highest BCUT2D eigenvalue weighted by Crippen LogP contribution is 2.38. The molecule has 0 saturated heterocycles. The minimum atomic E-state index is -4.82. The third kappa shape index (κ3) is 4.32. The van der Waals surface area contributed by atoms with E-state index < -0.39 is 27.8 Å². The summed E-state index contributed by atoms with van der Waals surface area (Å²) in [7, 11) is -4.15. The first-order valence-corrected chi connectivity index (χ1v) is 12.6. The minimum absolute atomic E-state index is 0.0105. The molecule has 0 radical (unpaired) electrons. The Balaban J connectivity index is 1.63. The number of sulfone groups is 1. The molecule has 1 unspecified atom stereocenters. The summed E-state index contributed by atoms with van der Waals surface area (Å²) >= 11 is 0. The van der Waals surface area contributed by atoms with Gasteiger partial charge in [-0.2, -0.15) is 18.2 Å². The second kappa shape index (κ2) is 9.02. The van der Waals surface area contributed by atoms with E-state index in [9.17, 15) is 26.4 Å². The number of aryl methyl sites for hydroxylation is 1. The number of fused-ring (bicyclic) bond motifs is 2. The van der Waals surface area contributed by atoms with Crippen molar-refractivity contribution in [1.29, 1.82) is 0 Å². The van der Waals surface area contributed by atoms with E-state index in [1.807, 2.05) is 0 Å². The number of aromatic nitrogens is 2. The number of carbonyl (C=O) groups excluding carboxylic acids is 1. The largest absolute Gasteiger partial charge is 0.471 e. The summed E-state index contributed by atoms with van der Waals surface area (Å²) in [6, 6.07) is 19.4. The van der Waals surface area contributed by atoms with Crippen molar-refractivity contribution in [2.24, 2.45) is 0 Å². The van der Waals surface area contributed by atoms with Crippen LogP contribution in [-0.2, 0) is 22.4 Å². The monoisotopic (exact) mass is 512 g/mol. The Morgan fingerprint density at radius 2 is 1.67 bits per heavy atom. The van der Waals surface area contributed by atoms with Crippen LogP contribution in [0, 0.1) is 0 Å². The molecule has 5 rings (SSSR count). The Kier molecular flexibility index (Phi) is 5.99. The Morgan fingerprint density at radius 1 is 0.944 bits per heavy atom. The summed E-state index contributed by atoms with van der Waals surface area (Å²) in [6.45, 7) is 0. The smallest absolute Gasteiger partial charge is 0.329 e. The summed E-state index contributed by atoms with van der Waals surface area (Å²) in [6.07, 6.45) is -3.50. The number of ketones is 1. The fraction of sp³-hybridized carbons (Fsp3) is 0.192. The van der Waals surface area contributed by atoms with Gasteiger partial charge in [0.2, 0.25) is 15.7 Å². The number of alkyl halides is 3. The van der Waals surface area contributed by atoms with Crippen LogP contribution < -0.4 is 0 Å². The third-order valence-electron chi connectivity index (χ3n) is 6.18. The molecular weight excluding hydrogens is 493 g/mol. The fourth-order valence-corrected chi connectivity index (χ4v) is 6.28. The van der Waals surface area contributed by atoms with Crippen LogP contribution in [0.25, 0.3) is 11.4 Å². The lowest BCUT2D eigenvalue weighted by Crippen LogP contribution is -2.16. The van der Waals surface area contributed by atoms with E-state index in [2.05, 4.69) is 14.7 Å². The number of rotatable bonds is 3. The molecule has 0 bridgehead atoms. The Labute approximate surface area is 204 Å². The van der Waals surface area contributed by atoms with E-state index in [4.69, 9.17) is 0 Å². The molecule has 1 atom stereocenters. The van der Waals surface area contributed by atoms with Crippen LogP contribution in [0.4, 0.5) is 13.2 Å². The molecule has 1 aromatic heterocycles. The second-order valence-electron chi connectivity index (χ2n) is 8.46. The molecule has 0 amide bonds. The maximum absolute atomic E-state index is 13.9. The number of nitrogens with zero attached hydrogens (tertiary/aromatic N) is 2.